The minimum absolute atomic E-state index is 0.0604. The standard InChI is InChI=1S/C18H25BrN2O3/c1-12-9-14(19)5-6-15(12)16(22)20-10-13-7-8-21(11-13,17(23)24)18(2,3)4/h5-6,9,13H,7-8,10-11H2,1-4H3,(H-,20,22,23,24)/p+1/t13-,21?/m0/s1. The molecule has 0 aliphatic carbocycles. The summed E-state index contributed by atoms with van der Waals surface area (Å²) in [6.07, 6.45) is 0.0310. The third-order valence-electron chi connectivity index (χ3n) is 5.12. The third kappa shape index (κ3) is 3.64. The summed E-state index contributed by atoms with van der Waals surface area (Å²) in [4.78, 5) is 24.2. The summed E-state index contributed by atoms with van der Waals surface area (Å²) in [5, 5.41) is 12.7. The first kappa shape index (κ1) is 18.9. The number of carbonyl (C=O) groups is 2. The molecule has 1 aromatic rings. The van der Waals surface area contributed by atoms with E-state index in [0.717, 1.165) is 16.5 Å². The van der Waals surface area contributed by atoms with Crippen LogP contribution in [0, 0.1) is 12.8 Å². The van der Waals surface area contributed by atoms with Crippen LogP contribution in [0.5, 0.6) is 0 Å². The quantitative estimate of drug-likeness (QED) is 0.762. The Balaban J connectivity index is 2.01. The lowest BCUT2D eigenvalue weighted by Gasteiger charge is -2.40. The lowest BCUT2D eigenvalue weighted by molar-refractivity contribution is -0.893. The molecule has 132 valence electrons. The van der Waals surface area contributed by atoms with E-state index in [1.807, 2.05) is 39.8 Å². The number of nitrogens with zero attached hydrogens (tertiary/aromatic N) is 1. The highest BCUT2D eigenvalue weighted by molar-refractivity contribution is 9.10. The van der Waals surface area contributed by atoms with E-state index in [0.29, 0.717) is 25.2 Å². The first-order valence-corrected chi connectivity index (χ1v) is 9.01. The summed E-state index contributed by atoms with van der Waals surface area (Å²) >= 11 is 3.39. The van der Waals surface area contributed by atoms with Gasteiger partial charge in [-0.15, -0.1) is 0 Å². The monoisotopic (exact) mass is 397 g/mol. The maximum absolute atomic E-state index is 12.4. The first-order chi connectivity index (χ1) is 11.1. The van der Waals surface area contributed by atoms with E-state index in [9.17, 15) is 14.7 Å². The smallest absolute Gasteiger partial charge is 0.435 e. The van der Waals surface area contributed by atoms with Crippen LogP contribution < -0.4 is 5.32 Å². The maximum atomic E-state index is 12.4. The van der Waals surface area contributed by atoms with E-state index < -0.39 is 6.09 Å². The minimum Gasteiger partial charge on any atom is -0.435 e. The van der Waals surface area contributed by atoms with E-state index in [1.54, 1.807) is 6.07 Å². The number of hydrogen-bond acceptors (Lipinski definition) is 2. The predicted molar refractivity (Wildman–Crippen MR) is 97.1 cm³/mol. The fourth-order valence-corrected chi connectivity index (χ4v) is 3.95. The van der Waals surface area contributed by atoms with Gasteiger partial charge in [-0.3, -0.25) is 4.79 Å². The molecule has 6 heteroatoms. The summed E-state index contributed by atoms with van der Waals surface area (Å²) in [6.45, 7) is 9.47. The number of aryl methyl sites for hydroxylation is 1. The number of amides is 2. The minimum atomic E-state index is -0.778. The molecule has 1 aliphatic rings. The molecule has 0 saturated carbocycles. The van der Waals surface area contributed by atoms with E-state index in [2.05, 4.69) is 21.2 Å². The Bertz CT molecular complexity index is 654. The molecule has 1 aromatic carbocycles. The van der Waals surface area contributed by atoms with Crippen LogP contribution in [0.25, 0.3) is 0 Å². The Morgan fingerprint density at radius 3 is 2.54 bits per heavy atom. The van der Waals surface area contributed by atoms with Crippen LogP contribution in [0.15, 0.2) is 22.7 Å². The molecule has 2 amide bonds. The summed E-state index contributed by atoms with van der Waals surface area (Å²) < 4.78 is 1.01. The zero-order chi connectivity index (χ0) is 18.1. The van der Waals surface area contributed by atoms with Gasteiger partial charge in [-0.05, 0) is 51.5 Å². The summed E-state index contributed by atoms with van der Waals surface area (Å²) in [5.41, 5.74) is 1.22. The fourth-order valence-electron chi connectivity index (χ4n) is 3.48. The van der Waals surface area contributed by atoms with Crippen LogP contribution in [0.2, 0.25) is 0 Å². The highest BCUT2D eigenvalue weighted by atomic mass is 79.9. The van der Waals surface area contributed by atoms with Crippen LogP contribution in [-0.2, 0) is 0 Å². The number of hydrogen-bond donors (Lipinski definition) is 2. The van der Waals surface area contributed by atoms with Gasteiger partial charge in [-0.25, -0.2) is 4.48 Å². The SMILES string of the molecule is Cc1cc(Br)ccc1C(=O)NC[C@@H]1CC[N+](C(=O)O)(C(C)(C)C)C1. The largest absolute Gasteiger partial charge is 0.513 e. The number of nitrogens with one attached hydrogen (secondary N) is 1. The van der Waals surface area contributed by atoms with Crippen molar-refractivity contribution in [1.82, 2.24) is 5.32 Å². The molecular weight excluding hydrogens is 372 g/mol. The van der Waals surface area contributed by atoms with Gasteiger partial charge in [-0.2, -0.15) is 4.79 Å². The van der Waals surface area contributed by atoms with Crippen molar-refractivity contribution in [3.63, 3.8) is 0 Å². The lowest BCUT2D eigenvalue weighted by atomic mass is 10.0. The van der Waals surface area contributed by atoms with Gasteiger partial charge in [0.25, 0.3) is 5.91 Å². The van der Waals surface area contributed by atoms with E-state index in [1.165, 1.54) is 0 Å². The third-order valence-corrected chi connectivity index (χ3v) is 5.62. The molecule has 2 N–H and O–H groups in total. The molecule has 1 heterocycles. The van der Waals surface area contributed by atoms with Crippen molar-refractivity contribution < 1.29 is 19.2 Å². The average Bonchev–Trinajstić information content (AvgIpc) is 2.90. The highest BCUT2D eigenvalue weighted by Gasteiger charge is 2.52. The molecule has 1 unspecified atom stereocenters. The molecule has 2 rings (SSSR count). The summed E-state index contributed by atoms with van der Waals surface area (Å²) in [5.74, 6) is 0.0797. The lowest BCUT2D eigenvalue weighted by Crippen LogP contribution is -2.62. The summed E-state index contributed by atoms with van der Waals surface area (Å²) in [6, 6.07) is 5.57. The van der Waals surface area contributed by atoms with Crippen LogP contribution in [0.4, 0.5) is 4.79 Å². The molecule has 0 aromatic heterocycles. The molecule has 1 fully saturated rings. The zero-order valence-electron chi connectivity index (χ0n) is 14.7. The Labute approximate surface area is 151 Å². The van der Waals surface area contributed by atoms with Gasteiger partial charge in [0.2, 0.25) is 0 Å². The van der Waals surface area contributed by atoms with Crippen LogP contribution in [-0.4, -0.2) is 46.8 Å². The van der Waals surface area contributed by atoms with E-state index in [-0.39, 0.29) is 21.8 Å². The molecule has 2 atom stereocenters. The van der Waals surface area contributed by atoms with Crippen LogP contribution in [0.3, 0.4) is 0 Å². The Morgan fingerprint density at radius 2 is 2.04 bits per heavy atom. The molecule has 1 saturated heterocycles. The van der Waals surface area contributed by atoms with Crippen molar-refractivity contribution in [2.75, 3.05) is 19.6 Å². The van der Waals surface area contributed by atoms with E-state index >= 15 is 0 Å². The second kappa shape index (κ2) is 6.84. The molecule has 24 heavy (non-hydrogen) atoms. The van der Waals surface area contributed by atoms with Crippen LogP contribution in [0.1, 0.15) is 43.1 Å². The molecule has 0 radical (unpaired) electrons. The average molecular weight is 398 g/mol. The number of rotatable bonds is 3. The number of likely N-dealkylation sites (tertiary alicyclic amines) is 1. The van der Waals surface area contributed by atoms with Crippen LogP contribution >= 0.6 is 15.9 Å². The Kier molecular flexibility index (Phi) is 5.40. The number of carbonyl (C=O) groups excluding carboxylic acids is 1. The van der Waals surface area contributed by atoms with Crippen molar-refractivity contribution >= 4 is 27.9 Å². The van der Waals surface area contributed by atoms with Gasteiger partial charge in [0.15, 0.2) is 0 Å². The second-order valence-electron chi connectivity index (χ2n) is 7.65. The molecule has 5 nitrogen and oxygen atoms in total. The van der Waals surface area contributed by atoms with Gasteiger partial charge in [0, 0.05) is 28.9 Å². The van der Waals surface area contributed by atoms with Gasteiger partial charge < -0.3 is 10.4 Å². The van der Waals surface area contributed by atoms with Gasteiger partial charge >= 0.3 is 6.09 Å². The number of halogens is 1. The highest BCUT2D eigenvalue weighted by Crippen LogP contribution is 2.34. The molecule has 1 aliphatic heterocycles. The van der Waals surface area contributed by atoms with Crippen molar-refractivity contribution in [1.29, 1.82) is 0 Å². The second-order valence-corrected chi connectivity index (χ2v) is 8.57. The molecule has 0 bridgehead atoms. The topological polar surface area (TPSA) is 66.4 Å². The Morgan fingerprint density at radius 1 is 1.38 bits per heavy atom. The number of carboxylic acid groups (broad SMARTS) is 1. The van der Waals surface area contributed by atoms with E-state index in [4.69, 9.17) is 0 Å². The maximum Gasteiger partial charge on any atom is 0.513 e. The van der Waals surface area contributed by atoms with Gasteiger partial charge in [-0.1, -0.05) is 15.9 Å². The number of benzene rings is 1. The van der Waals surface area contributed by atoms with Gasteiger partial charge in [0.05, 0.1) is 13.1 Å². The Hall–Kier alpha value is -1.40. The van der Waals surface area contributed by atoms with Gasteiger partial charge in [0.1, 0.15) is 5.54 Å². The number of quaternary nitrogens is 1. The molecule has 0 spiro atoms. The zero-order valence-corrected chi connectivity index (χ0v) is 16.3. The van der Waals surface area contributed by atoms with Crippen molar-refractivity contribution in [2.24, 2.45) is 5.92 Å². The van der Waals surface area contributed by atoms with Crippen molar-refractivity contribution in [2.45, 2.75) is 39.7 Å². The molecular formula is C18H26BrN2O3+. The first-order valence-electron chi connectivity index (χ1n) is 8.22. The van der Waals surface area contributed by atoms with Crippen molar-refractivity contribution in [3.8, 4) is 0 Å². The van der Waals surface area contributed by atoms with Crippen molar-refractivity contribution in [3.05, 3.63) is 33.8 Å². The normalized spacial score (nSPS) is 24.0. The summed E-state index contributed by atoms with van der Waals surface area (Å²) in [7, 11) is 0. The fraction of sp³-hybridized carbons (Fsp3) is 0.556. The predicted octanol–water partition coefficient (Wildman–Crippen LogP) is 3.80.